The summed E-state index contributed by atoms with van der Waals surface area (Å²) in [4.78, 5) is 20.8. The van der Waals surface area contributed by atoms with E-state index in [1.54, 1.807) is 6.20 Å². The lowest BCUT2D eigenvalue weighted by atomic mass is 10.2. The zero-order chi connectivity index (χ0) is 15.1. The molecular formula is C15H25N5O. The summed E-state index contributed by atoms with van der Waals surface area (Å²) in [5.41, 5.74) is 6.13. The summed E-state index contributed by atoms with van der Waals surface area (Å²) in [6.07, 6.45) is 2.89. The summed E-state index contributed by atoms with van der Waals surface area (Å²) in [6, 6.07) is 3.88. The maximum absolute atomic E-state index is 11.6. The van der Waals surface area contributed by atoms with Crippen molar-refractivity contribution < 1.29 is 4.79 Å². The molecule has 1 aromatic rings. The van der Waals surface area contributed by atoms with Crippen LogP contribution < -0.4 is 16.0 Å². The Morgan fingerprint density at radius 3 is 2.67 bits per heavy atom. The number of amides is 1. The molecule has 2 rings (SSSR count). The first kappa shape index (κ1) is 15.7. The summed E-state index contributed by atoms with van der Waals surface area (Å²) in [6.45, 7) is 8.00. The van der Waals surface area contributed by atoms with Crippen LogP contribution in [0.25, 0.3) is 0 Å². The fourth-order valence-corrected chi connectivity index (χ4v) is 2.43. The number of likely N-dealkylation sites (N-methyl/N-ethyl adjacent to an activating group) is 1. The van der Waals surface area contributed by atoms with Crippen molar-refractivity contribution in [2.24, 2.45) is 5.73 Å². The van der Waals surface area contributed by atoms with Crippen LogP contribution in [-0.4, -0.2) is 55.1 Å². The van der Waals surface area contributed by atoms with Gasteiger partial charge in [-0.1, -0.05) is 6.92 Å². The number of hydrogen-bond acceptors (Lipinski definition) is 5. The molecule has 0 spiro atoms. The molecule has 3 N–H and O–H groups in total. The average Bonchev–Trinajstić information content (AvgIpc) is 2.54. The molecule has 116 valence electrons. The van der Waals surface area contributed by atoms with Crippen molar-refractivity contribution in [2.75, 3.05) is 49.5 Å². The van der Waals surface area contributed by atoms with Crippen LogP contribution in [0, 0.1) is 0 Å². The van der Waals surface area contributed by atoms with Crippen molar-refractivity contribution in [1.29, 1.82) is 0 Å². The number of carbonyl (C=O) groups is 1. The number of rotatable bonds is 6. The molecule has 2 heterocycles. The normalized spacial score (nSPS) is 16.0. The Balaban J connectivity index is 1.86. The molecule has 21 heavy (non-hydrogen) atoms. The van der Waals surface area contributed by atoms with Gasteiger partial charge < -0.3 is 20.9 Å². The highest BCUT2D eigenvalue weighted by Gasteiger charge is 2.16. The van der Waals surface area contributed by atoms with E-state index in [4.69, 9.17) is 5.73 Å². The Bertz CT molecular complexity index is 440. The standard InChI is InChI=1S/C15H25N5O/c1-2-19-8-10-20(11-9-19)14-6-5-13(12-17-14)18-15(21)4-3-7-16/h5-6,12H,2-4,7-11,16H2,1H3,(H,18,21). The quantitative estimate of drug-likeness (QED) is 0.814. The van der Waals surface area contributed by atoms with E-state index in [-0.39, 0.29) is 5.91 Å². The number of nitrogens with one attached hydrogen (secondary N) is 1. The van der Waals surface area contributed by atoms with Crippen molar-refractivity contribution in [3.63, 3.8) is 0 Å². The largest absolute Gasteiger partial charge is 0.354 e. The van der Waals surface area contributed by atoms with Crippen LogP contribution in [0.5, 0.6) is 0 Å². The summed E-state index contributed by atoms with van der Waals surface area (Å²) in [7, 11) is 0. The third-order valence-electron chi connectivity index (χ3n) is 3.78. The van der Waals surface area contributed by atoms with Crippen molar-refractivity contribution in [3.8, 4) is 0 Å². The fourth-order valence-electron chi connectivity index (χ4n) is 2.43. The highest BCUT2D eigenvalue weighted by molar-refractivity contribution is 5.90. The van der Waals surface area contributed by atoms with Gasteiger partial charge >= 0.3 is 0 Å². The van der Waals surface area contributed by atoms with Gasteiger partial charge in [0.2, 0.25) is 5.91 Å². The van der Waals surface area contributed by atoms with E-state index in [0.717, 1.165) is 44.2 Å². The minimum Gasteiger partial charge on any atom is -0.354 e. The number of pyridine rings is 1. The predicted molar refractivity (Wildman–Crippen MR) is 85.5 cm³/mol. The Kier molecular flexibility index (Phi) is 5.95. The van der Waals surface area contributed by atoms with Crippen LogP contribution in [-0.2, 0) is 4.79 Å². The number of carbonyl (C=O) groups excluding carboxylic acids is 1. The molecule has 0 radical (unpaired) electrons. The summed E-state index contributed by atoms with van der Waals surface area (Å²) < 4.78 is 0. The number of anilines is 2. The minimum atomic E-state index is -0.00781. The Morgan fingerprint density at radius 2 is 2.10 bits per heavy atom. The second kappa shape index (κ2) is 7.95. The summed E-state index contributed by atoms with van der Waals surface area (Å²) in [5, 5.41) is 2.84. The van der Waals surface area contributed by atoms with Crippen molar-refractivity contribution in [1.82, 2.24) is 9.88 Å². The van der Waals surface area contributed by atoms with Gasteiger partial charge in [-0.15, -0.1) is 0 Å². The van der Waals surface area contributed by atoms with Crippen molar-refractivity contribution in [2.45, 2.75) is 19.8 Å². The Hall–Kier alpha value is -1.66. The zero-order valence-corrected chi connectivity index (χ0v) is 12.7. The van der Waals surface area contributed by atoms with Crippen LogP contribution in [0.3, 0.4) is 0 Å². The fraction of sp³-hybridized carbons (Fsp3) is 0.600. The molecule has 0 atom stereocenters. The highest BCUT2D eigenvalue weighted by atomic mass is 16.1. The second-order valence-corrected chi connectivity index (χ2v) is 5.27. The molecule has 0 aliphatic carbocycles. The molecule has 0 bridgehead atoms. The number of aromatic nitrogens is 1. The molecule has 1 amide bonds. The molecule has 1 aliphatic rings. The van der Waals surface area contributed by atoms with Crippen LogP contribution in [0.2, 0.25) is 0 Å². The van der Waals surface area contributed by atoms with Gasteiger partial charge in [0, 0.05) is 32.6 Å². The summed E-state index contributed by atoms with van der Waals surface area (Å²) >= 11 is 0. The third kappa shape index (κ3) is 4.68. The van der Waals surface area contributed by atoms with Gasteiger partial charge in [0.05, 0.1) is 11.9 Å². The lowest BCUT2D eigenvalue weighted by Crippen LogP contribution is -2.46. The van der Waals surface area contributed by atoms with Crippen molar-refractivity contribution in [3.05, 3.63) is 18.3 Å². The minimum absolute atomic E-state index is 0.00781. The Morgan fingerprint density at radius 1 is 1.33 bits per heavy atom. The third-order valence-corrected chi connectivity index (χ3v) is 3.78. The molecule has 6 nitrogen and oxygen atoms in total. The van der Waals surface area contributed by atoms with E-state index >= 15 is 0 Å². The maximum atomic E-state index is 11.6. The number of nitrogens with two attached hydrogens (primary N) is 1. The molecule has 0 aromatic carbocycles. The second-order valence-electron chi connectivity index (χ2n) is 5.27. The lowest BCUT2D eigenvalue weighted by molar-refractivity contribution is -0.116. The summed E-state index contributed by atoms with van der Waals surface area (Å²) in [5.74, 6) is 0.970. The molecule has 1 saturated heterocycles. The average molecular weight is 291 g/mol. The van der Waals surface area contributed by atoms with Gasteiger partial charge in [0.25, 0.3) is 0 Å². The van der Waals surface area contributed by atoms with Gasteiger partial charge in [-0.2, -0.15) is 0 Å². The SMILES string of the molecule is CCN1CCN(c2ccc(NC(=O)CCCN)cn2)CC1. The van der Waals surface area contributed by atoms with E-state index in [1.807, 2.05) is 12.1 Å². The van der Waals surface area contributed by atoms with Gasteiger partial charge in [-0.05, 0) is 31.6 Å². The topological polar surface area (TPSA) is 74.5 Å². The number of hydrogen-bond donors (Lipinski definition) is 2. The van der Waals surface area contributed by atoms with Crippen LogP contribution in [0.4, 0.5) is 11.5 Å². The van der Waals surface area contributed by atoms with Gasteiger partial charge in [0.1, 0.15) is 5.82 Å². The van der Waals surface area contributed by atoms with Crippen LogP contribution >= 0.6 is 0 Å². The molecule has 6 heteroatoms. The first-order valence-corrected chi connectivity index (χ1v) is 7.66. The molecule has 1 aliphatic heterocycles. The number of piperazine rings is 1. The van der Waals surface area contributed by atoms with E-state index < -0.39 is 0 Å². The van der Waals surface area contributed by atoms with Gasteiger partial charge in [-0.25, -0.2) is 4.98 Å². The molecule has 0 saturated carbocycles. The van der Waals surface area contributed by atoms with E-state index in [9.17, 15) is 4.79 Å². The lowest BCUT2D eigenvalue weighted by Gasteiger charge is -2.34. The van der Waals surface area contributed by atoms with E-state index in [1.165, 1.54) is 0 Å². The molecule has 1 fully saturated rings. The van der Waals surface area contributed by atoms with E-state index in [0.29, 0.717) is 19.4 Å². The van der Waals surface area contributed by atoms with Crippen LogP contribution in [0.1, 0.15) is 19.8 Å². The Labute approximate surface area is 126 Å². The maximum Gasteiger partial charge on any atom is 0.224 e. The first-order chi connectivity index (χ1) is 10.2. The van der Waals surface area contributed by atoms with Crippen LogP contribution in [0.15, 0.2) is 18.3 Å². The molecular weight excluding hydrogens is 266 g/mol. The molecule has 1 aromatic heterocycles. The smallest absolute Gasteiger partial charge is 0.224 e. The zero-order valence-electron chi connectivity index (χ0n) is 12.7. The van der Waals surface area contributed by atoms with Gasteiger partial charge in [0.15, 0.2) is 0 Å². The first-order valence-electron chi connectivity index (χ1n) is 7.66. The highest BCUT2D eigenvalue weighted by Crippen LogP contribution is 2.16. The van der Waals surface area contributed by atoms with E-state index in [2.05, 4.69) is 27.0 Å². The molecule has 0 unspecified atom stereocenters. The number of nitrogens with zero attached hydrogens (tertiary/aromatic N) is 3. The predicted octanol–water partition coefficient (Wildman–Crippen LogP) is 0.901. The van der Waals surface area contributed by atoms with Gasteiger partial charge in [-0.3, -0.25) is 4.79 Å². The monoisotopic (exact) mass is 291 g/mol. The van der Waals surface area contributed by atoms with Crippen molar-refractivity contribution >= 4 is 17.4 Å².